The molecule has 1 aliphatic carbocycles. The second-order valence-electron chi connectivity index (χ2n) is 5.36. The molecule has 104 valence electrons. The van der Waals surface area contributed by atoms with Crippen LogP contribution >= 0.6 is 11.6 Å². The van der Waals surface area contributed by atoms with Crippen molar-refractivity contribution in [1.29, 1.82) is 0 Å². The lowest BCUT2D eigenvalue weighted by Crippen LogP contribution is -2.36. The first-order valence-electron chi connectivity index (χ1n) is 6.97. The predicted octanol–water partition coefficient (Wildman–Crippen LogP) is 1.11. The van der Waals surface area contributed by atoms with Gasteiger partial charge in [0.15, 0.2) is 0 Å². The molecule has 5 nitrogen and oxygen atoms in total. The van der Waals surface area contributed by atoms with Crippen molar-refractivity contribution in [3.63, 3.8) is 0 Å². The number of nitrogens with one attached hydrogen (secondary N) is 1. The van der Waals surface area contributed by atoms with Crippen molar-refractivity contribution in [3.05, 3.63) is 21.6 Å². The van der Waals surface area contributed by atoms with Crippen LogP contribution in [-0.2, 0) is 6.54 Å². The minimum Gasteiger partial charge on any atom is -0.364 e. The van der Waals surface area contributed by atoms with Gasteiger partial charge in [-0.2, -0.15) is 5.10 Å². The standard InChI is InChI=1S/C13H19ClN4O/c14-11-8-16-18(9-10-2-3-10)13(19)12(11)17-6-1-4-15-5-7-17/h8,10,15H,1-7,9H2. The van der Waals surface area contributed by atoms with Crippen LogP contribution in [0.2, 0.25) is 5.02 Å². The molecular weight excluding hydrogens is 264 g/mol. The minimum atomic E-state index is -0.0405. The van der Waals surface area contributed by atoms with Crippen molar-refractivity contribution in [2.45, 2.75) is 25.8 Å². The summed E-state index contributed by atoms with van der Waals surface area (Å²) >= 11 is 6.20. The molecule has 0 spiro atoms. The fourth-order valence-electron chi connectivity index (χ4n) is 2.49. The Morgan fingerprint density at radius 2 is 2.21 bits per heavy atom. The number of aromatic nitrogens is 2. The first kappa shape index (κ1) is 12.9. The molecule has 1 saturated carbocycles. The van der Waals surface area contributed by atoms with Gasteiger partial charge in [0.25, 0.3) is 5.56 Å². The van der Waals surface area contributed by atoms with E-state index in [9.17, 15) is 4.79 Å². The summed E-state index contributed by atoms with van der Waals surface area (Å²) in [6.45, 7) is 4.31. The van der Waals surface area contributed by atoms with Crippen LogP contribution in [0.25, 0.3) is 0 Å². The average Bonchev–Trinajstić information content (AvgIpc) is 3.20. The quantitative estimate of drug-likeness (QED) is 0.902. The second-order valence-corrected chi connectivity index (χ2v) is 5.77. The van der Waals surface area contributed by atoms with E-state index in [-0.39, 0.29) is 5.56 Å². The van der Waals surface area contributed by atoms with E-state index in [2.05, 4.69) is 15.3 Å². The Hall–Kier alpha value is -1.07. The fourth-order valence-corrected chi connectivity index (χ4v) is 2.73. The van der Waals surface area contributed by atoms with E-state index in [1.165, 1.54) is 12.8 Å². The second kappa shape index (κ2) is 5.51. The third-order valence-electron chi connectivity index (χ3n) is 3.76. The Kier molecular flexibility index (Phi) is 3.75. The summed E-state index contributed by atoms with van der Waals surface area (Å²) in [6.07, 6.45) is 5.05. The van der Waals surface area contributed by atoms with Crippen molar-refractivity contribution in [1.82, 2.24) is 15.1 Å². The number of halogens is 1. The van der Waals surface area contributed by atoms with Crippen LogP contribution in [0.1, 0.15) is 19.3 Å². The van der Waals surface area contributed by atoms with E-state index in [1.54, 1.807) is 10.9 Å². The summed E-state index contributed by atoms with van der Waals surface area (Å²) in [7, 11) is 0. The molecular formula is C13H19ClN4O. The molecule has 1 aromatic rings. The smallest absolute Gasteiger partial charge is 0.291 e. The molecule has 3 rings (SSSR count). The monoisotopic (exact) mass is 282 g/mol. The van der Waals surface area contributed by atoms with E-state index in [0.29, 0.717) is 16.6 Å². The maximum Gasteiger partial charge on any atom is 0.291 e. The molecule has 2 aliphatic rings. The van der Waals surface area contributed by atoms with Gasteiger partial charge >= 0.3 is 0 Å². The van der Waals surface area contributed by atoms with Gasteiger partial charge in [-0.25, -0.2) is 4.68 Å². The summed E-state index contributed by atoms with van der Waals surface area (Å²) in [6, 6.07) is 0. The molecule has 0 radical (unpaired) electrons. The van der Waals surface area contributed by atoms with Crippen LogP contribution in [-0.4, -0.2) is 36.0 Å². The van der Waals surface area contributed by atoms with Gasteiger partial charge in [0.05, 0.1) is 11.2 Å². The van der Waals surface area contributed by atoms with Crippen LogP contribution in [0.5, 0.6) is 0 Å². The van der Waals surface area contributed by atoms with E-state index in [0.717, 1.165) is 39.1 Å². The zero-order valence-corrected chi connectivity index (χ0v) is 11.7. The third kappa shape index (κ3) is 2.92. The highest BCUT2D eigenvalue weighted by atomic mass is 35.5. The average molecular weight is 283 g/mol. The topological polar surface area (TPSA) is 50.2 Å². The normalized spacial score (nSPS) is 20.4. The summed E-state index contributed by atoms with van der Waals surface area (Å²) in [5.41, 5.74) is 0.585. The summed E-state index contributed by atoms with van der Waals surface area (Å²) in [5, 5.41) is 7.97. The molecule has 0 aromatic carbocycles. The van der Waals surface area contributed by atoms with Gasteiger partial charge in [-0.15, -0.1) is 0 Å². The Morgan fingerprint density at radius 3 is 3.00 bits per heavy atom. The molecule has 1 aliphatic heterocycles. The highest BCUT2D eigenvalue weighted by Gasteiger charge is 2.25. The number of rotatable bonds is 3. The maximum atomic E-state index is 12.5. The van der Waals surface area contributed by atoms with Crippen molar-refractivity contribution in [3.8, 4) is 0 Å². The fraction of sp³-hybridized carbons (Fsp3) is 0.692. The van der Waals surface area contributed by atoms with Gasteiger partial charge in [0, 0.05) is 26.2 Å². The van der Waals surface area contributed by atoms with Gasteiger partial charge in [-0.05, 0) is 31.7 Å². The predicted molar refractivity (Wildman–Crippen MR) is 75.9 cm³/mol. The Labute approximate surface area is 117 Å². The van der Waals surface area contributed by atoms with E-state index in [1.807, 2.05) is 0 Å². The first-order chi connectivity index (χ1) is 9.25. The molecule has 1 aromatic heterocycles. The number of nitrogens with zero attached hydrogens (tertiary/aromatic N) is 3. The molecule has 6 heteroatoms. The van der Waals surface area contributed by atoms with Crippen LogP contribution < -0.4 is 15.8 Å². The Bertz CT molecular complexity index is 504. The molecule has 1 saturated heterocycles. The lowest BCUT2D eigenvalue weighted by molar-refractivity contribution is 0.532. The van der Waals surface area contributed by atoms with E-state index >= 15 is 0 Å². The van der Waals surface area contributed by atoms with Crippen molar-refractivity contribution in [2.24, 2.45) is 5.92 Å². The minimum absolute atomic E-state index is 0.0405. The number of hydrogen-bond donors (Lipinski definition) is 1. The highest BCUT2D eigenvalue weighted by molar-refractivity contribution is 6.33. The SMILES string of the molecule is O=c1c(N2CCCNCC2)c(Cl)cnn1CC1CC1. The third-order valence-corrected chi connectivity index (χ3v) is 4.03. The van der Waals surface area contributed by atoms with Crippen LogP contribution in [0, 0.1) is 5.92 Å². The maximum absolute atomic E-state index is 12.5. The largest absolute Gasteiger partial charge is 0.364 e. The molecule has 0 atom stereocenters. The lowest BCUT2D eigenvalue weighted by Gasteiger charge is -2.23. The molecule has 0 bridgehead atoms. The molecule has 19 heavy (non-hydrogen) atoms. The van der Waals surface area contributed by atoms with Crippen molar-refractivity contribution >= 4 is 17.3 Å². The molecule has 2 heterocycles. The Morgan fingerprint density at radius 1 is 1.37 bits per heavy atom. The van der Waals surface area contributed by atoms with Gasteiger partial charge in [0.2, 0.25) is 0 Å². The summed E-state index contributed by atoms with van der Waals surface area (Å²) in [5.74, 6) is 0.630. The lowest BCUT2D eigenvalue weighted by atomic mass is 10.3. The van der Waals surface area contributed by atoms with Crippen molar-refractivity contribution < 1.29 is 0 Å². The van der Waals surface area contributed by atoms with Gasteiger partial charge in [-0.1, -0.05) is 11.6 Å². The number of hydrogen-bond acceptors (Lipinski definition) is 4. The zero-order valence-electron chi connectivity index (χ0n) is 10.9. The molecule has 0 unspecified atom stereocenters. The molecule has 2 fully saturated rings. The zero-order chi connectivity index (χ0) is 13.2. The van der Waals surface area contributed by atoms with E-state index in [4.69, 9.17) is 11.6 Å². The molecule has 0 amide bonds. The summed E-state index contributed by atoms with van der Waals surface area (Å²) in [4.78, 5) is 14.6. The first-order valence-corrected chi connectivity index (χ1v) is 7.35. The summed E-state index contributed by atoms with van der Waals surface area (Å²) < 4.78 is 1.58. The van der Waals surface area contributed by atoms with Gasteiger partial charge < -0.3 is 10.2 Å². The van der Waals surface area contributed by atoms with Crippen LogP contribution in [0.15, 0.2) is 11.0 Å². The van der Waals surface area contributed by atoms with E-state index < -0.39 is 0 Å². The van der Waals surface area contributed by atoms with Gasteiger partial charge in [0.1, 0.15) is 5.69 Å². The molecule has 1 N–H and O–H groups in total. The highest BCUT2D eigenvalue weighted by Crippen LogP contribution is 2.30. The van der Waals surface area contributed by atoms with Crippen LogP contribution in [0.4, 0.5) is 5.69 Å². The Balaban J connectivity index is 1.91. The van der Waals surface area contributed by atoms with Crippen molar-refractivity contribution in [2.75, 3.05) is 31.1 Å². The van der Waals surface area contributed by atoms with Crippen LogP contribution in [0.3, 0.4) is 0 Å². The number of anilines is 1. The van der Waals surface area contributed by atoms with Gasteiger partial charge in [-0.3, -0.25) is 4.79 Å².